The number of fused-ring (bicyclic) bond motifs is 5. The fourth-order valence-corrected chi connectivity index (χ4v) is 8.90. The van der Waals surface area contributed by atoms with Gasteiger partial charge in [-0.05, 0) is 97.7 Å². The summed E-state index contributed by atoms with van der Waals surface area (Å²) in [4.78, 5) is 0. The predicted octanol–water partition coefficient (Wildman–Crippen LogP) is 6.38. The Bertz CT molecular complexity index is 671. The quantitative estimate of drug-likeness (QED) is 0.258. The third-order valence-corrected chi connectivity index (χ3v) is 10.8. The summed E-state index contributed by atoms with van der Waals surface area (Å²) in [6.45, 7) is 13.3. The molecule has 0 aromatic heterocycles. The number of hydrogen-bond donors (Lipinski definition) is 3. The Labute approximate surface area is 215 Å². The maximum Gasteiger partial charge on any atom is 0.0698 e. The third kappa shape index (κ3) is 6.54. The molecule has 4 nitrogen and oxygen atoms in total. The molecule has 35 heavy (non-hydrogen) atoms. The van der Waals surface area contributed by atoms with E-state index in [9.17, 15) is 5.11 Å². The van der Waals surface area contributed by atoms with Crippen molar-refractivity contribution >= 4 is 0 Å². The molecule has 1 unspecified atom stereocenters. The predicted molar refractivity (Wildman–Crippen MR) is 144 cm³/mol. The van der Waals surface area contributed by atoms with Crippen molar-refractivity contribution in [1.82, 2.24) is 0 Å². The first-order valence-electron chi connectivity index (χ1n) is 14.8. The highest BCUT2D eigenvalue weighted by Crippen LogP contribution is 2.67. The first-order valence-corrected chi connectivity index (χ1v) is 14.8. The Morgan fingerprint density at radius 2 is 1.66 bits per heavy atom. The Morgan fingerprint density at radius 3 is 2.31 bits per heavy atom. The molecule has 0 saturated heterocycles. The summed E-state index contributed by atoms with van der Waals surface area (Å²) in [6, 6.07) is 0. The van der Waals surface area contributed by atoms with Crippen LogP contribution in [0.25, 0.3) is 0 Å². The lowest BCUT2D eigenvalue weighted by Gasteiger charge is -2.58. The Morgan fingerprint density at radius 1 is 0.943 bits per heavy atom. The molecule has 4 aliphatic carbocycles. The lowest BCUT2D eigenvalue weighted by Crippen LogP contribution is -2.50. The molecule has 4 rings (SSSR count). The van der Waals surface area contributed by atoms with Gasteiger partial charge in [0.15, 0.2) is 0 Å². The van der Waals surface area contributed by atoms with Crippen molar-refractivity contribution in [2.24, 2.45) is 46.3 Å². The minimum Gasteiger partial charge on any atom is -0.394 e. The van der Waals surface area contributed by atoms with Gasteiger partial charge in [0, 0.05) is 0 Å². The van der Waals surface area contributed by atoms with Gasteiger partial charge in [-0.2, -0.15) is 0 Å². The van der Waals surface area contributed by atoms with Gasteiger partial charge in [0.1, 0.15) is 0 Å². The van der Waals surface area contributed by atoms with Crippen LogP contribution in [0.2, 0.25) is 0 Å². The zero-order valence-corrected chi connectivity index (χ0v) is 23.5. The summed E-state index contributed by atoms with van der Waals surface area (Å²) < 4.78 is 4.63. The Hall–Kier alpha value is -0.420. The Kier molecular flexibility index (Phi) is 10.7. The van der Waals surface area contributed by atoms with Gasteiger partial charge in [0.2, 0.25) is 0 Å². The van der Waals surface area contributed by atoms with Crippen LogP contribution in [0.4, 0.5) is 0 Å². The van der Waals surface area contributed by atoms with Gasteiger partial charge in [0.05, 0.1) is 32.5 Å². The number of ether oxygens (including phenoxy) is 1. The normalized spacial score (nSPS) is 39.1. The zero-order valence-electron chi connectivity index (χ0n) is 23.5. The molecule has 3 saturated carbocycles. The first-order chi connectivity index (χ1) is 16.7. The molecule has 4 aliphatic rings. The van der Waals surface area contributed by atoms with Crippen molar-refractivity contribution in [3.63, 3.8) is 0 Å². The van der Waals surface area contributed by atoms with E-state index in [1.54, 1.807) is 5.57 Å². The van der Waals surface area contributed by atoms with E-state index < -0.39 is 0 Å². The molecular weight excluding hydrogens is 436 g/mol. The minimum atomic E-state index is -0.0766. The van der Waals surface area contributed by atoms with Gasteiger partial charge in [0.25, 0.3) is 0 Å². The van der Waals surface area contributed by atoms with Crippen molar-refractivity contribution in [2.45, 2.75) is 111 Å². The average molecular weight is 493 g/mol. The van der Waals surface area contributed by atoms with Gasteiger partial charge in [-0.3, -0.25) is 0 Å². The van der Waals surface area contributed by atoms with Crippen LogP contribution in [0.15, 0.2) is 11.6 Å². The van der Waals surface area contributed by atoms with E-state index in [0.717, 1.165) is 48.3 Å². The molecule has 0 radical (unpaired) electrons. The monoisotopic (exact) mass is 492 g/mol. The summed E-state index contributed by atoms with van der Waals surface area (Å²) in [6.07, 6.45) is 17.2. The average Bonchev–Trinajstić information content (AvgIpc) is 3.17. The van der Waals surface area contributed by atoms with E-state index in [1.165, 1.54) is 57.8 Å². The molecule has 4 heteroatoms. The fraction of sp³-hybridized carbons (Fsp3) is 0.935. The number of rotatable bonds is 9. The third-order valence-electron chi connectivity index (χ3n) is 10.8. The van der Waals surface area contributed by atoms with Crippen LogP contribution in [-0.2, 0) is 4.74 Å². The molecule has 0 spiro atoms. The largest absolute Gasteiger partial charge is 0.394 e. The van der Waals surface area contributed by atoms with E-state index >= 15 is 0 Å². The SMILES string of the molecule is CC(C)CCCC(C)[C@H]1CC[C@H]2[C@@H]3CC=C4C[C@@H](O)CC[C@]4(C)[C@H]3CC[C@]12C.OCCOCCO. The number of aliphatic hydroxyl groups is 3. The summed E-state index contributed by atoms with van der Waals surface area (Å²) in [5.74, 6) is 5.46. The molecule has 3 fully saturated rings. The van der Waals surface area contributed by atoms with Gasteiger partial charge < -0.3 is 20.1 Å². The summed E-state index contributed by atoms with van der Waals surface area (Å²) in [7, 11) is 0. The summed E-state index contributed by atoms with van der Waals surface area (Å²) >= 11 is 0. The van der Waals surface area contributed by atoms with Gasteiger partial charge >= 0.3 is 0 Å². The molecule has 204 valence electrons. The van der Waals surface area contributed by atoms with E-state index in [4.69, 9.17) is 10.2 Å². The standard InChI is InChI=1S/C27H46O.C4H10O3/c1-18(2)7-6-8-19(3)23-11-12-24-22-10-9-20-17-21(28)13-15-26(20,4)25(22)14-16-27(23,24)5;5-1-3-7-4-2-6/h9,18-19,21-25,28H,6-8,10-17H2,1-5H3;5-6H,1-4H2/t19?,21-,22-,23+,24-,25-,26-,27+;/m0./s1. The van der Waals surface area contributed by atoms with Crippen molar-refractivity contribution in [2.75, 3.05) is 26.4 Å². The minimum absolute atomic E-state index is 0.0278. The topological polar surface area (TPSA) is 69.9 Å². The summed E-state index contributed by atoms with van der Waals surface area (Å²) in [5.41, 5.74) is 2.60. The van der Waals surface area contributed by atoms with Crippen molar-refractivity contribution in [1.29, 1.82) is 0 Å². The van der Waals surface area contributed by atoms with Gasteiger partial charge in [-0.15, -0.1) is 0 Å². The van der Waals surface area contributed by atoms with Crippen molar-refractivity contribution in [3.05, 3.63) is 11.6 Å². The lowest BCUT2D eigenvalue weighted by atomic mass is 9.47. The molecule has 0 amide bonds. The van der Waals surface area contributed by atoms with Crippen molar-refractivity contribution in [3.8, 4) is 0 Å². The number of allylic oxidation sites excluding steroid dienone is 1. The second-order valence-electron chi connectivity index (χ2n) is 13.2. The van der Waals surface area contributed by atoms with Gasteiger partial charge in [-0.25, -0.2) is 0 Å². The van der Waals surface area contributed by atoms with E-state index in [-0.39, 0.29) is 19.3 Å². The van der Waals surface area contributed by atoms with Crippen LogP contribution in [-0.4, -0.2) is 47.9 Å². The second-order valence-corrected chi connectivity index (χ2v) is 13.2. The van der Waals surface area contributed by atoms with Crippen LogP contribution in [0, 0.1) is 46.3 Å². The van der Waals surface area contributed by atoms with Crippen LogP contribution in [0.1, 0.15) is 105 Å². The van der Waals surface area contributed by atoms with E-state index in [0.29, 0.717) is 24.0 Å². The maximum absolute atomic E-state index is 10.2. The van der Waals surface area contributed by atoms with Crippen LogP contribution < -0.4 is 0 Å². The second kappa shape index (κ2) is 12.9. The number of aliphatic hydroxyl groups excluding tert-OH is 3. The number of hydrogen-bond acceptors (Lipinski definition) is 4. The zero-order chi connectivity index (χ0) is 25.6. The van der Waals surface area contributed by atoms with E-state index in [2.05, 4.69) is 45.4 Å². The van der Waals surface area contributed by atoms with Crippen LogP contribution in [0.5, 0.6) is 0 Å². The molecule has 8 atom stereocenters. The van der Waals surface area contributed by atoms with Crippen LogP contribution in [0.3, 0.4) is 0 Å². The first kappa shape index (κ1) is 29.1. The highest BCUT2D eigenvalue weighted by molar-refractivity contribution is 5.25. The van der Waals surface area contributed by atoms with Crippen LogP contribution >= 0.6 is 0 Å². The molecule has 3 N–H and O–H groups in total. The molecular formula is C31H56O4. The highest BCUT2D eigenvalue weighted by atomic mass is 16.5. The lowest BCUT2D eigenvalue weighted by molar-refractivity contribution is -0.0573. The molecule has 0 aromatic carbocycles. The summed E-state index contributed by atoms with van der Waals surface area (Å²) in [5, 5.41) is 26.4. The maximum atomic E-state index is 10.2. The van der Waals surface area contributed by atoms with Crippen molar-refractivity contribution < 1.29 is 20.1 Å². The van der Waals surface area contributed by atoms with Gasteiger partial charge in [-0.1, -0.05) is 65.5 Å². The Balaban J connectivity index is 0.000000429. The molecule has 0 aromatic rings. The molecule has 0 heterocycles. The molecule has 0 bridgehead atoms. The smallest absolute Gasteiger partial charge is 0.0698 e. The highest BCUT2D eigenvalue weighted by Gasteiger charge is 2.59. The fourth-order valence-electron chi connectivity index (χ4n) is 8.90. The molecule has 0 aliphatic heterocycles. The van der Waals surface area contributed by atoms with E-state index in [1.807, 2.05) is 0 Å².